The van der Waals surface area contributed by atoms with Crippen molar-refractivity contribution >= 4 is 17.5 Å². The van der Waals surface area contributed by atoms with Gasteiger partial charge in [0, 0.05) is 35.6 Å². The van der Waals surface area contributed by atoms with Gasteiger partial charge in [-0.15, -0.1) is 0 Å². The Morgan fingerprint density at radius 2 is 1.72 bits per heavy atom. The Morgan fingerprint density at radius 3 is 2.45 bits per heavy atom. The molecule has 0 saturated carbocycles. The predicted molar refractivity (Wildman–Crippen MR) is 108 cm³/mol. The Balaban J connectivity index is 1.57. The molecule has 0 unspecified atom stereocenters. The summed E-state index contributed by atoms with van der Waals surface area (Å²) in [6, 6.07) is 15.6. The third kappa shape index (κ3) is 5.38. The van der Waals surface area contributed by atoms with E-state index in [2.05, 4.69) is 10.6 Å². The Bertz CT molecular complexity index is 1090. The van der Waals surface area contributed by atoms with Gasteiger partial charge >= 0.3 is 0 Å². The second-order valence-electron chi connectivity index (χ2n) is 6.57. The van der Waals surface area contributed by atoms with Crippen molar-refractivity contribution in [1.29, 1.82) is 0 Å². The van der Waals surface area contributed by atoms with Gasteiger partial charge in [0.25, 0.3) is 11.5 Å². The molecule has 0 radical (unpaired) electrons. The molecule has 7 heteroatoms. The summed E-state index contributed by atoms with van der Waals surface area (Å²) in [7, 11) is 0. The summed E-state index contributed by atoms with van der Waals surface area (Å²) in [6.45, 7) is 1.81. The first-order valence-electron chi connectivity index (χ1n) is 9.01. The zero-order chi connectivity index (χ0) is 20.8. The molecule has 6 nitrogen and oxygen atoms in total. The van der Waals surface area contributed by atoms with Crippen LogP contribution in [0.15, 0.2) is 71.7 Å². The quantitative estimate of drug-likeness (QED) is 0.676. The lowest BCUT2D eigenvalue weighted by Gasteiger charge is -2.09. The summed E-state index contributed by atoms with van der Waals surface area (Å²) in [5, 5.41) is 5.34. The van der Waals surface area contributed by atoms with E-state index in [-0.39, 0.29) is 36.3 Å². The van der Waals surface area contributed by atoms with Crippen molar-refractivity contribution in [3.05, 3.63) is 99.7 Å². The highest BCUT2D eigenvalue weighted by Crippen LogP contribution is 2.11. The largest absolute Gasteiger partial charge is 0.348 e. The van der Waals surface area contributed by atoms with Gasteiger partial charge in [-0.3, -0.25) is 14.4 Å². The molecule has 0 aliphatic carbocycles. The number of benzene rings is 2. The smallest absolute Gasteiger partial charge is 0.251 e. The molecule has 0 fully saturated rings. The number of hydrogen-bond acceptors (Lipinski definition) is 3. The SMILES string of the molecule is Cc1ccc(=O)n(CC(=O)Nc2ccc(C(=O)NCc3ccccc3F)cc2)c1. The van der Waals surface area contributed by atoms with E-state index in [4.69, 9.17) is 0 Å². The number of aryl methyl sites for hydroxylation is 1. The van der Waals surface area contributed by atoms with Crippen LogP contribution in [0, 0.1) is 12.7 Å². The van der Waals surface area contributed by atoms with Crippen molar-refractivity contribution < 1.29 is 14.0 Å². The van der Waals surface area contributed by atoms with Crippen molar-refractivity contribution in [2.45, 2.75) is 20.0 Å². The van der Waals surface area contributed by atoms with E-state index in [0.717, 1.165) is 5.56 Å². The minimum atomic E-state index is -0.376. The normalized spacial score (nSPS) is 10.4. The molecule has 0 atom stereocenters. The molecule has 2 amide bonds. The topological polar surface area (TPSA) is 80.2 Å². The first kappa shape index (κ1) is 20.0. The highest BCUT2D eigenvalue weighted by atomic mass is 19.1. The lowest BCUT2D eigenvalue weighted by molar-refractivity contribution is -0.116. The number of hydrogen-bond donors (Lipinski definition) is 2. The van der Waals surface area contributed by atoms with Gasteiger partial charge in [0.1, 0.15) is 12.4 Å². The molecule has 2 N–H and O–H groups in total. The van der Waals surface area contributed by atoms with Gasteiger partial charge in [0.05, 0.1) is 0 Å². The molecule has 1 heterocycles. The Labute approximate surface area is 167 Å². The Morgan fingerprint density at radius 1 is 1.00 bits per heavy atom. The molecule has 0 bridgehead atoms. The van der Waals surface area contributed by atoms with Crippen LogP contribution in [0.1, 0.15) is 21.5 Å². The fraction of sp³-hybridized carbons (Fsp3) is 0.136. The molecule has 0 aliphatic rings. The van der Waals surface area contributed by atoms with Crippen LogP contribution in [-0.2, 0) is 17.9 Å². The molecular weight excluding hydrogens is 373 g/mol. The van der Waals surface area contributed by atoms with E-state index in [1.165, 1.54) is 16.7 Å². The number of amides is 2. The summed E-state index contributed by atoms with van der Waals surface area (Å²) >= 11 is 0. The number of nitrogens with one attached hydrogen (secondary N) is 2. The number of rotatable bonds is 6. The molecule has 0 saturated heterocycles. The van der Waals surface area contributed by atoms with Crippen LogP contribution in [0.5, 0.6) is 0 Å². The molecule has 1 aromatic heterocycles. The minimum Gasteiger partial charge on any atom is -0.348 e. The van der Waals surface area contributed by atoms with Gasteiger partial charge in [-0.2, -0.15) is 0 Å². The van der Waals surface area contributed by atoms with E-state index < -0.39 is 0 Å². The van der Waals surface area contributed by atoms with Crippen LogP contribution in [0.4, 0.5) is 10.1 Å². The average molecular weight is 393 g/mol. The summed E-state index contributed by atoms with van der Waals surface area (Å²) in [4.78, 5) is 36.2. The number of aromatic nitrogens is 1. The molecule has 0 aliphatic heterocycles. The maximum Gasteiger partial charge on any atom is 0.251 e. The first-order chi connectivity index (χ1) is 13.9. The second-order valence-corrected chi connectivity index (χ2v) is 6.57. The first-order valence-corrected chi connectivity index (χ1v) is 9.01. The third-order valence-corrected chi connectivity index (χ3v) is 4.27. The standard InChI is InChI=1S/C22H20FN3O3/c1-15-6-11-21(28)26(13-15)14-20(27)25-18-9-7-16(8-10-18)22(29)24-12-17-4-2-3-5-19(17)23/h2-11,13H,12,14H2,1H3,(H,24,29)(H,25,27). The second kappa shape index (κ2) is 8.97. The van der Waals surface area contributed by atoms with Gasteiger partial charge in [0.15, 0.2) is 0 Å². The summed E-state index contributed by atoms with van der Waals surface area (Å²) in [6.07, 6.45) is 1.62. The summed E-state index contributed by atoms with van der Waals surface area (Å²) in [5.41, 5.74) is 1.91. The molecular formula is C22H20FN3O3. The van der Waals surface area contributed by atoms with Crippen molar-refractivity contribution in [3.8, 4) is 0 Å². The molecule has 148 valence electrons. The zero-order valence-electron chi connectivity index (χ0n) is 15.8. The highest BCUT2D eigenvalue weighted by molar-refractivity contribution is 5.95. The number of carbonyl (C=O) groups is 2. The lowest BCUT2D eigenvalue weighted by Crippen LogP contribution is -2.27. The number of halogens is 1. The Kier molecular flexibility index (Phi) is 6.19. The lowest BCUT2D eigenvalue weighted by atomic mass is 10.1. The van der Waals surface area contributed by atoms with E-state index in [9.17, 15) is 18.8 Å². The van der Waals surface area contributed by atoms with Crippen molar-refractivity contribution in [2.75, 3.05) is 5.32 Å². The molecule has 29 heavy (non-hydrogen) atoms. The fourth-order valence-corrected chi connectivity index (χ4v) is 2.75. The predicted octanol–water partition coefficient (Wildman–Crippen LogP) is 2.86. The number of pyridine rings is 1. The highest BCUT2D eigenvalue weighted by Gasteiger charge is 2.09. The van der Waals surface area contributed by atoms with E-state index in [1.54, 1.807) is 54.7 Å². The van der Waals surface area contributed by atoms with Crippen LogP contribution in [-0.4, -0.2) is 16.4 Å². The van der Waals surface area contributed by atoms with Crippen LogP contribution in [0.3, 0.4) is 0 Å². The minimum absolute atomic E-state index is 0.0786. The van der Waals surface area contributed by atoms with Crippen molar-refractivity contribution in [3.63, 3.8) is 0 Å². The summed E-state index contributed by atoms with van der Waals surface area (Å²) < 4.78 is 14.9. The number of nitrogens with zero attached hydrogens (tertiary/aromatic N) is 1. The van der Waals surface area contributed by atoms with Gasteiger partial charge in [-0.1, -0.05) is 24.3 Å². The fourth-order valence-electron chi connectivity index (χ4n) is 2.75. The van der Waals surface area contributed by atoms with E-state index in [0.29, 0.717) is 16.8 Å². The van der Waals surface area contributed by atoms with Crippen molar-refractivity contribution in [1.82, 2.24) is 9.88 Å². The van der Waals surface area contributed by atoms with Gasteiger partial charge in [-0.25, -0.2) is 4.39 Å². The Hall–Kier alpha value is -3.74. The van der Waals surface area contributed by atoms with E-state index >= 15 is 0 Å². The molecule has 2 aromatic carbocycles. The van der Waals surface area contributed by atoms with Crippen LogP contribution >= 0.6 is 0 Å². The number of anilines is 1. The van der Waals surface area contributed by atoms with Gasteiger partial charge in [0.2, 0.25) is 5.91 Å². The monoisotopic (exact) mass is 393 g/mol. The van der Waals surface area contributed by atoms with Crippen molar-refractivity contribution in [2.24, 2.45) is 0 Å². The average Bonchev–Trinajstić information content (AvgIpc) is 2.70. The van der Waals surface area contributed by atoms with Crippen LogP contribution < -0.4 is 16.2 Å². The zero-order valence-corrected chi connectivity index (χ0v) is 15.8. The van der Waals surface area contributed by atoms with Gasteiger partial charge < -0.3 is 15.2 Å². The van der Waals surface area contributed by atoms with Gasteiger partial charge in [-0.05, 0) is 42.8 Å². The molecule has 3 rings (SSSR count). The maximum absolute atomic E-state index is 13.6. The number of carbonyl (C=O) groups excluding carboxylic acids is 2. The molecule has 0 spiro atoms. The third-order valence-electron chi connectivity index (χ3n) is 4.27. The summed E-state index contributed by atoms with van der Waals surface area (Å²) in [5.74, 6) is -1.08. The maximum atomic E-state index is 13.6. The molecule has 3 aromatic rings. The van der Waals surface area contributed by atoms with Crippen LogP contribution in [0.2, 0.25) is 0 Å². The van der Waals surface area contributed by atoms with Crippen LogP contribution in [0.25, 0.3) is 0 Å². The van der Waals surface area contributed by atoms with E-state index in [1.807, 2.05) is 6.92 Å².